The molecule has 0 spiro atoms. The second-order valence-electron chi connectivity index (χ2n) is 5.55. The fraction of sp³-hybridized carbons (Fsp3) is 0.353. The Morgan fingerprint density at radius 2 is 1.91 bits per heavy atom. The van der Waals surface area contributed by atoms with Gasteiger partial charge in [-0.1, -0.05) is 0 Å². The summed E-state index contributed by atoms with van der Waals surface area (Å²) < 4.78 is 5.10. The number of aryl methyl sites for hydroxylation is 1. The summed E-state index contributed by atoms with van der Waals surface area (Å²) >= 11 is 0. The van der Waals surface area contributed by atoms with Crippen LogP contribution in [-0.2, 0) is 0 Å². The Labute approximate surface area is 135 Å². The molecule has 6 nitrogen and oxygen atoms in total. The molecule has 1 aromatic heterocycles. The van der Waals surface area contributed by atoms with Crippen molar-refractivity contribution in [3.63, 3.8) is 0 Å². The van der Waals surface area contributed by atoms with Crippen LogP contribution < -0.4 is 15.0 Å². The van der Waals surface area contributed by atoms with Crippen LogP contribution in [0.2, 0.25) is 0 Å². The Kier molecular flexibility index (Phi) is 4.41. The molecule has 1 amide bonds. The Hall–Kier alpha value is -2.63. The molecule has 0 atom stereocenters. The Morgan fingerprint density at radius 1 is 1.22 bits per heavy atom. The molecular formula is C17H20N4O2. The zero-order valence-corrected chi connectivity index (χ0v) is 13.4. The van der Waals surface area contributed by atoms with Crippen LogP contribution in [0.1, 0.15) is 28.9 Å². The standard InChI is InChI=1S/C17H20N4O2/c1-12-15(11-18-17(19-12)21-9-3-4-10-21)16(22)20-13-5-7-14(23-2)8-6-13/h5-8,11H,3-4,9-10H2,1-2H3,(H,20,22). The highest BCUT2D eigenvalue weighted by molar-refractivity contribution is 6.04. The molecule has 0 saturated carbocycles. The van der Waals surface area contributed by atoms with E-state index in [1.54, 1.807) is 37.6 Å². The number of hydrogen-bond acceptors (Lipinski definition) is 5. The van der Waals surface area contributed by atoms with Gasteiger partial charge in [-0.15, -0.1) is 0 Å². The van der Waals surface area contributed by atoms with Crippen LogP contribution in [0.4, 0.5) is 11.6 Å². The maximum Gasteiger partial charge on any atom is 0.259 e. The lowest BCUT2D eigenvalue weighted by atomic mass is 10.2. The third-order valence-corrected chi connectivity index (χ3v) is 3.95. The lowest BCUT2D eigenvalue weighted by Crippen LogP contribution is -2.22. The van der Waals surface area contributed by atoms with Crippen molar-refractivity contribution in [2.24, 2.45) is 0 Å². The summed E-state index contributed by atoms with van der Waals surface area (Å²) in [5.74, 6) is 1.25. The molecule has 2 heterocycles. The molecule has 1 saturated heterocycles. The van der Waals surface area contributed by atoms with E-state index in [0.29, 0.717) is 22.9 Å². The molecule has 1 fully saturated rings. The Bertz CT molecular complexity index is 694. The van der Waals surface area contributed by atoms with Gasteiger partial charge in [-0.25, -0.2) is 9.97 Å². The Morgan fingerprint density at radius 3 is 2.52 bits per heavy atom. The molecule has 3 rings (SSSR count). The molecule has 23 heavy (non-hydrogen) atoms. The van der Waals surface area contributed by atoms with E-state index in [0.717, 1.165) is 18.8 Å². The van der Waals surface area contributed by atoms with Gasteiger partial charge in [-0.05, 0) is 44.0 Å². The van der Waals surface area contributed by atoms with E-state index in [1.807, 2.05) is 6.92 Å². The second-order valence-corrected chi connectivity index (χ2v) is 5.55. The predicted octanol–water partition coefficient (Wildman–Crippen LogP) is 2.65. The average molecular weight is 312 g/mol. The predicted molar refractivity (Wildman–Crippen MR) is 89.2 cm³/mol. The van der Waals surface area contributed by atoms with E-state index in [-0.39, 0.29) is 5.91 Å². The van der Waals surface area contributed by atoms with Crippen LogP contribution in [0.5, 0.6) is 5.75 Å². The maximum atomic E-state index is 12.4. The summed E-state index contributed by atoms with van der Waals surface area (Å²) in [4.78, 5) is 23.4. The van der Waals surface area contributed by atoms with Gasteiger partial charge in [-0.3, -0.25) is 4.79 Å². The van der Waals surface area contributed by atoms with Crippen molar-refractivity contribution in [2.75, 3.05) is 30.4 Å². The summed E-state index contributed by atoms with van der Waals surface area (Å²) in [7, 11) is 1.61. The molecule has 0 radical (unpaired) electrons. The number of aromatic nitrogens is 2. The number of amides is 1. The molecule has 1 aliphatic heterocycles. The van der Waals surface area contributed by atoms with Crippen molar-refractivity contribution < 1.29 is 9.53 Å². The van der Waals surface area contributed by atoms with Gasteiger partial charge in [0.25, 0.3) is 5.91 Å². The van der Waals surface area contributed by atoms with E-state index in [1.165, 1.54) is 12.8 Å². The van der Waals surface area contributed by atoms with E-state index < -0.39 is 0 Å². The van der Waals surface area contributed by atoms with E-state index in [9.17, 15) is 4.79 Å². The summed E-state index contributed by atoms with van der Waals surface area (Å²) in [6.07, 6.45) is 3.94. The number of ether oxygens (including phenoxy) is 1. The monoisotopic (exact) mass is 312 g/mol. The molecule has 0 aliphatic carbocycles. The zero-order valence-electron chi connectivity index (χ0n) is 13.4. The average Bonchev–Trinajstić information content (AvgIpc) is 3.10. The topological polar surface area (TPSA) is 67.3 Å². The van der Waals surface area contributed by atoms with Crippen LogP contribution in [0, 0.1) is 6.92 Å². The molecule has 120 valence electrons. The third-order valence-electron chi connectivity index (χ3n) is 3.95. The van der Waals surface area contributed by atoms with Crippen LogP contribution >= 0.6 is 0 Å². The molecule has 0 unspecified atom stereocenters. The van der Waals surface area contributed by atoms with Gasteiger partial charge in [0.1, 0.15) is 5.75 Å². The zero-order chi connectivity index (χ0) is 16.2. The fourth-order valence-electron chi connectivity index (χ4n) is 2.62. The van der Waals surface area contributed by atoms with Gasteiger partial charge >= 0.3 is 0 Å². The van der Waals surface area contributed by atoms with Gasteiger partial charge in [-0.2, -0.15) is 0 Å². The van der Waals surface area contributed by atoms with Crippen LogP contribution in [0.15, 0.2) is 30.5 Å². The number of nitrogens with one attached hydrogen (secondary N) is 1. The quantitative estimate of drug-likeness (QED) is 0.940. The van der Waals surface area contributed by atoms with Crippen molar-refractivity contribution >= 4 is 17.5 Å². The van der Waals surface area contributed by atoms with Gasteiger partial charge in [0.2, 0.25) is 5.95 Å². The summed E-state index contributed by atoms with van der Waals surface area (Å²) in [6, 6.07) is 7.20. The number of anilines is 2. The van der Waals surface area contributed by atoms with Crippen molar-refractivity contribution in [2.45, 2.75) is 19.8 Å². The van der Waals surface area contributed by atoms with Crippen molar-refractivity contribution in [1.29, 1.82) is 0 Å². The third kappa shape index (κ3) is 3.41. The fourth-order valence-corrected chi connectivity index (χ4v) is 2.62. The van der Waals surface area contributed by atoms with E-state index in [4.69, 9.17) is 4.74 Å². The van der Waals surface area contributed by atoms with Gasteiger partial charge in [0.05, 0.1) is 18.4 Å². The minimum Gasteiger partial charge on any atom is -0.497 e. The number of methoxy groups -OCH3 is 1. The van der Waals surface area contributed by atoms with Crippen LogP contribution in [-0.4, -0.2) is 36.1 Å². The number of nitrogens with zero attached hydrogens (tertiary/aromatic N) is 3. The first kappa shape index (κ1) is 15.3. The second kappa shape index (κ2) is 6.64. The molecular weight excluding hydrogens is 292 g/mol. The summed E-state index contributed by atoms with van der Waals surface area (Å²) in [5.41, 5.74) is 1.88. The molecule has 2 aromatic rings. The van der Waals surface area contributed by atoms with E-state index in [2.05, 4.69) is 20.2 Å². The van der Waals surface area contributed by atoms with E-state index >= 15 is 0 Å². The number of hydrogen-bond donors (Lipinski definition) is 1. The van der Waals surface area contributed by atoms with Crippen molar-refractivity contribution in [1.82, 2.24) is 9.97 Å². The molecule has 1 aromatic carbocycles. The first-order chi connectivity index (χ1) is 11.2. The SMILES string of the molecule is COc1ccc(NC(=O)c2cnc(N3CCCC3)nc2C)cc1. The molecule has 1 aliphatic rings. The highest BCUT2D eigenvalue weighted by atomic mass is 16.5. The summed E-state index contributed by atoms with van der Waals surface area (Å²) in [5, 5.41) is 2.85. The molecule has 6 heteroatoms. The minimum atomic E-state index is -0.208. The smallest absolute Gasteiger partial charge is 0.259 e. The number of rotatable bonds is 4. The number of benzene rings is 1. The van der Waals surface area contributed by atoms with Crippen molar-refractivity contribution in [3.05, 3.63) is 41.7 Å². The first-order valence-corrected chi connectivity index (χ1v) is 7.71. The summed E-state index contributed by atoms with van der Waals surface area (Å²) in [6.45, 7) is 3.80. The van der Waals surface area contributed by atoms with Crippen molar-refractivity contribution in [3.8, 4) is 5.75 Å². The highest BCUT2D eigenvalue weighted by Gasteiger charge is 2.18. The molecule has 1 N–H and O–H groups in total. The highest BCUT2D eigenvalue weighted by Crippen LogP contribution is 2.19. The lowest BCUT2D eigenvalue weighted by molar-refractivity contribution is 0.102. The van der Waals surface area contributed by atoms with Crippen LogP contribution in [0.3, 0.4) is 0 Å². The largest absolute Gasteiger partial charge is 0.497 e. The number of carbonyl (C=O) groups excluding carboxylic acids is 1. The lowest BCUT2D eigenvalue weighted by Gasteiger charge is -2.16. The number of carbonyl (C=O) groups is 1. The first-order valence-electron chi connectivity index (χ1n) is 7.71. The minimum absolute atomic E-state index is 0.208. The normalized spacial score (nSPS) is 13.9. The van der Waals surface area contributed by atoms with Gasteiger partial charge in [0, 0.05) is 25.0 Å². The van der Waals surface area contributed by atoms with Gasteiger partial charge in [0.15, 0.2) is 0 Å². The molecule has 0 bridgehead atoms. The maximum absolute atomic E-state index is 12.4. The van der Waals surface area contributed by atoms with Crippen LogP contribution in [0.25, 0.3) is 0 Å². The van der Waals surface area contributed by atoms with Gasteiger partial charge < -0.3 is 15.0 Å². The Balaban J connectivity index is 1.73.